The second-order valence-corrected chi connectivity index (χ2v) is 4.56. The van der Waals surface area contributed by atoms with E-state index in [-0.39, 0.29) is 6.03 Å². The van der Waals surface area contributed by atoms with Crippen LogP contribution in [-0.4, -0.2) is 53.5 Å². The van der Waals surface area contributed by atoms with E-state index >= 15 is 0 Å². The van der Waals surface area contributed by atoms with E-state index in [0.717, 1.165) is 38.4 Å². The first kappa shape index (κ1) is 13.5. The van der Waals surface area contributed by atoms with Crippen LogP contribution in [0.5, 0.6) is 0 Å². The van der Waals surface area contributed by atoms with E-state index < -0.39 is 0 Å². The fourth-order valence-corrected chi connectivity index (χ4v) is 2.10. The lowest BCUT2D eigenvalue weighted by Crippen LogP contribution is -2.51. The van der Waals surface area contributed by atoms with Crippen molar-refractivity contribution in [2.24, 2.45) is 0 Å². The molecular weight excluding hydrogens is 240 g/mol. The van der Waals surface area contributed by atoms with Gasteiger partial charge in [0.15, 0.2) is 0 Å². The number of carbonyl (C=O) groups excluding carboxylic acids is 1. The molecule has 2 amide bonds. The van der Waals surface area contributed by atoms with Gasteiger partial charge in [0.1, 0.15) is 0 Å². The number of pyridine rings is 1. The number of urea groups is 1. The number of hydrogen-bond acceptors (Lipinski definition) is 3. The summed E-state index contributed by atoms with van der Waals surface area (Å²) in [6, 6.07) is 5.95. The first-order valence-corrected chi connectivity index (χ1v) is 6.55. The maximum Gasteiger partial charge on any atom is 0.317 e. The molecule has 0 aromatic carbocycles. The maximum atomic E-state index is 11.8. The number of aromatic nitrogens is 1. The second-order valence-electron chi connectivity index (χ2n) is 4.56. The third-order valence-corrected chi connectivity index (χ3v) is 3.17. The van der Waals surface area contributed by atoms with Gasteiger partial charge in [-0.15, -0.1) is 6.58 Å². The number of piperazine rings is 1. The zero-order valence-corrected chi connectivity index (χ0v) is 11.1. The summed E-state index contributed by atoms with van der Waals surface area (Å²) in [7, 11) is 0. The third-order valence-electron chi connectivity index (χ3n) is 3.17. The molecule has 5 heteroatoms. The minimum absolute atomic E-state index is 0.00242. The molecule has 2 heterocycles. The molecule has 1 fully saturated rings. The van der Waals surface area contributed by atoms with Crippen LogP contribution in [0.2, 0.25) is 0 Å². The number of rotatable bonds is 4. The Kier molecular flexibility index (Phi) is 4.92. The van der Waals surface area contributed by atoms with Crippen LogP contribution in [0.4, 0.5) is 4.79 Å². The van der Waals surface area contributed by atoms with Crippen LogP contribution in [0.15, 0.2) is 37.1 Å². The zero-order valence-electron chi connectivity index (χ0n) is 11.1. The molecule has 0 aliphatic carbocycles. The van der Waals surface area contributed by atoms with Crippen molar-refractivity contribution in [3.05, 3.63) is 42.7 Å². The molecule has 102 valence electrons. The first-order valence-electron chi connectivity index (χ1n) is 6.55. The Morgan fingerprint density at radius 1 is 1.37 bits per heavy atom. The van der Waals surface area contributed by atoms with Crippen LogP contribution in [0.1, 0.15) is 5.69 Å². The van der Waals surface area contributed by atoms with Crippen LogP contribution >= 0.6 is 0 Å². The average Bonchev–Trinajstić information content (AvgIpc) is 2.46. The van der Waals surface area contributed by atoms with Crippen LogP contribution in [0.25, 0.3) is 0 Å². The summed E-state index contributed by atoms with van der Waals surface area (Å²) >= 11 is 0. The van der Waals surface area contributed by atoms with Crippen LogP contribution in [0, 0.1) is 0 Å². The van der Waals surface area contributed by atoms with Crippen LogP contribution in [-0.2, 0) is 6.54 Å². The number of nitrogens with one attached hydrogen (secondary N) is 1. The summed E-state index contributed by atoms with van der Waals surface area (Å²) in [6.07, 6.45) is 3.50. The van der Waals surface area contributed by atoms with Crippen LogP contribution < -0.4 is 5.32 Å². The minimum Gasteiger partial charge on any atom is -0.335 e. The van der Waals surface area contributed by atoms with Crippen molar-refractivity contribution in [3.63, 3.8) is 0 Å². The van der Waals surface area contributed by atoms with Gasteiger partial charge in [0, 0.05) is 45.5 Å². The molecule has 1 saturated heterocycles. The van der Waals surface area contributed by atoms with Crippen molar-refractivity contribution in [2.45, 2.75) is 6.54 Å². The molecule has 0 radical (unpaired) electrons. The molecule has 1 aliphatic rings. The summed E-state index contributed by atoms with van der Waals surface area (Å²) in [5.74, 6) is 0. The molecule has 1 aromatic heterocycles. The largest absolute Gasteiger partial charge is 0.335 e. The Morgan fingerprint density at radius 3 is 2.79 bits per heavy atom. The second kappa shape index (κ2) is 6.89. The monoisotopic (exact) mass is 260 g/mol. The molecule has 1 aliphatic heterocycles. The molecule has 1 N–H and O–H groups in total. The molecule has 19 heavy (non-hydrogen) atoms. The minimum atomic E-state index is -0.00242. The average molecular weight is 260 g/mol. The Balaban J connectivity index is 1.76. The van der Waals surface area contributed by atoms with Gasteiger partial charge in [-0.3, -0.25) is 9.88 Å². The summed E-state index contributed by atoms with van der Waals surface area (Å²) in [6.45, 7) is 8.25. The number of amides is 2. The Labute approximate surface area is 113 Å². The highest BCUT2D eigenvalue weighted by Gasteiger charge is 2.20. The molecule has 0 spiro atoms. The molecule has 2 rings (SSSR count). The first-order chi connectivity index (χ1) is 9.29. The highest BCUT2D eigenvalue weighted by Crippen LogP contribution is 2.06. The van der Waals surface area contributed by atoms with Crippen molar-refractivity contribution < 1.29 is 4.79 Å². The lowest BCUT2D eigenvalue weighted by atomic mass is 10.3. The van der Waals surface area contributed by atoms with Gasteiger partial charge in [0.25, 0.3) is 0 Å². The van der Waals surface area contributed by atoms with Crippen molar-refractivity contribution in [1.29, 1.82) is 0 Å². The Morgan fingerprint density at radius 2 is 2.16 bits per heavy atom. The van der Waals surface area contributed by atoms with E-state index in [1.165, 1.54) is 0 Å². The van der Waals surface area contributed by atoms with Crippen molar-refractivity contribution in [2.75, 3.05) is 32.7 Å². The molecule has 0 bridgehead atoms. The van der Waals surface area contributed by atoms with Gasteiger partial charge in [-0.1, -0.05) is 12.1 Å². The standard InChI is InChI=1S/C14H20N4O/c1-2-6-16-14(19)18-10-8-17(9-11-18)12-13-5-3-4-7-15-13/h2-5,7H,1,6,8-12H2,(H,16,19). The quantitative estimate of drug-likeness (QED) is 0.825. The molecular formula is C14H20N4O. The lowest BCUT2D eigenvalue weighted by molar-refractivity contribution is 0.135. The summed E-state index contributed by atoms with van der Waals surface area (Å²) < 4.78 is 0. The van der Waals surface area contributed by atoms with E-state index in [1.54, 1.807) is 6.08 Å². The van der Waals surface area contributed by atoms with E-state index in [9.17, 15) is 4.79 Å². The van der Waals surface area contributed by atoms with Gasteiger partial charge in [0.2, 0.25) is 0 Å². The highest BCUT2D eigenvalue weighted by atomic mass is 16.2. The summed E-state index contributed by atoms with van der Waals surface area (Å²) in [5, 5.41) is 2.80. The van der Waals surface area contributed by atoms with Crippen LogP contribution in [0.3, 0.4) is 0 Å². The fourth-order valence-electron chi connectivity index (χ4n) is 2.10. The van der Waals surface area contributed by atoms with Crippen molar-refractivity contribution >= 4 is 6.03 Å². The number of hydrogen-bond donors (Lipinski definition) is 1. The summed E-state index contributed by atoms with van der Waals surface area (Å²) in [4.78, 5) is 20.2. The van der Waals surface area contributed by atoms with E-state index in [4.69, 9.17) is 0 Å². The van der Waals surface area contributed by atoms with Gasteiger partial charge in [-0.05, 0) is 12.1 Å². The van der Waals surface area contributed by atoms with E-state index in [0.29, 0.717) is 6.54 Å². The topological polar surface area (TPSA) is 48.5 Å². The maximum absolute atomic E-state index is 11.8. The SMILES string of the molecule is C=CCNC(=O)N1CCN(Cc2ccccn2)CC1. The van der Waals surface area contributed by atoms with E-state index in [2.05, 4.69) is 21.8 Å². The van der Waals surface area contributed by atoms with Gasteiger partial charge < -0.3 is 10.2 Å². The predicted molar refractivity (Wildman–Crippen MR) is 74.7 cm³/mol. The fraction of sp³-hybridized carbons (Fsp3) is 0.429. The number of carbonyl (C=O) groups is 1. The molecule has 1 aromatic rings. The highest BCUT2D eigenvalue weighted by molar-refractivity contribution is 5.74. The third kappa shape index (κ3) is 4.06. The summed E-state index contributed by atoms with van der Waals surface area (Å²) in [5.41, 5.74) is 1.08. The van der Waals surface area contributed by atoms with Gasteiger partial charge in [-0.2, -0.15) is 0 Å². The van der Waals surface area contributed by atoms with Gasteiger partial charge >= 0.3 is 6.03 Å². The van der Waals surface area contributed by atoms with Crippen molar-refractivity contribution in [3.8, 4) is 0 Å². The van der Waals surface area contributed by atoms with Gasteiger partial charge in [0.05, 0.1) is 5.69 Å². The van der Waals surface area contributed by atoms with Gasteiger partial charge in [-0.25, -0.2) is 4.79 Å². The molecule has 5 nitrogen and oxygen atoms in total. The molecule has 0 saturated carbocycles. The Hall–Kier alpha value is -1.88. The molecule has 0 atom stereocenters. The van der Waals surface area contributed by atoms with E-state index in [1.807, 2.05) is 29.3 Å². The Bertz CT molecular complexity index is 413. The van der Waals surface area contributed by atoms with Crippen molar-refractivity contribution in [1.82, 2.24) is 20.1 Å². The number of nitrogens with zero attached hydrogens (tertiary/aromatic N) is 3. The smallest absolute Gasteiger partial charge is 0.317 e. The predicted octanol–water partition coefficient (Wildman–Crippen LogP) is 1.09. The zero-order chi connectivity index (χ0) is 13.5. The molecule has 0 unspecified atom stereocenters. The normalized spacial score (nSPS) is 16.1. The lowest BCUT2D eigenvalue weighted by Gasteiger charge is -2.34.